The minimum atomic E-state index is -3.65. The van der Waals surface area contributed by atoms with Gasteiger partial charge in [0.1, 0.15) is 4.21 Å². The Morgan fingerprint density at radius 2 is 1.61 bits per heavy atom. The van der Waals surface area contributed by atoms with E-state index in [0.717, 1.165) is 21.9 Å². The molecular weight excluding hydrogens is 448 g/mol. The van der Waals surface area contributed by atoms with E-state index < -0.39 is 10.0 Å². The third kappa shape index (κ3) is 6.69. The van der Waals surface area contributed by atoms with E-state index in [4.69, 9.17) is 0 Å². The quantitative estimate of drug-likeness (QED) is 0.321. The Balaban J connectivity index is 1.40. The van der Waals surface area contributed by atoms with Crippen LogP contribution in [0.25, 0.3) is 10.4 Å². The number of anilines is 1. The molecule has 1 aliphatic rings. The molecule has 176 valence electrons. The van der Waals surface area contributed by atoms with Gasteiger partial charge >= 0.3 is 0 Å². The van der Waals surface area contributed by atoms with Gasteiger partial charge < -0.3 is 5.32 Å². The monoisotopic (exact) mass is 482 g/mol. The average Bonchev–Trinajstić information content (AvgIpc) is 3.20. The molecule has 1 atom stereocenters. The lowest BCUT2D eigenvalue weighted by Crippen LogP contribution is -2.28. The van der Waals surface area contributed by atoms with E-state index in [0.29, 0.717) is 22.5 Å². The van der Waals surface area contributed by atoms with Crippen LogP contribution >= 0.6 is 11.3 Å². The Morgan fingerprint density at radius 3 is 2.36 bits per heavy atom. The Bertz CT molecular complexity index is 1120. The first kappa shape index (κ1) is 24.0. The Kier molecular flexibility index (Phi) is 8.23. The lowest BCUT2D eigenvalue weighted by molar-refractivity contribution is 0.363. The van der Waals surface area contributed by atoms with Gasteiger partial charge in [-0.15, -0.1) is 11.3 Å². The SMILES string of the molecule is C[C@@H](CC1CCCCCC1)NCc1ccccc1NS(=O)(=O)c1ccc(-c2ccccc2)s1. The van der Waals surface area contributed by atoms with E-state index in [1.165, 1.54) is 56.3 Å². The van der Waals surface area contributed by atoms with Crippen molar-refractivity contribution in [3.63, 3.8) is 0 Å². The van der Waals surface area contributed by atoms with E-state index in [1.54, 1.807) is 6.07 Å². The maximum atomic E-state index is 13.1. The van der Waals surface area contributed by atoms with Gasteiger partial charge in [0.15, 0.2) is 0 Å². The summed E-state index contributed by atoms with van der Waals surface area (Å²) in [4.78, 5) is 0.943. The van der Waals surface area contributed by atoms with Crippen LogP contribution in [0.3, 0.4) is 0 Å². The van der Waals surface area contributed by atoms with E-state index in [1.807, 2.05) is 60.7 Å². The summed E-state index contributed by atoms with van der Waals surface area (Å²) in [6.45, 7) is 2.89. The highest BCUT2D eigenvalue weighted by Crippen LogP contribution is 2.32. The van der Waals surface area contributed by atoms with Gasteiger partial charge in [0.2, 0.25) is 0 Å². The lowest BCUT2D eigenvalue weighted by Gasteiger charge is -2.21. The van der Waals surface area contributed by atoms with Crippen molar-refractivity contribution < 1.29 is 8.42 Å². The highest BCUT2D eigenvalue weighted by Gasteiger charge is 2.20. The standard InChI is InChI=1S/C27H34N2O2S2/c1-21(19-22-11-5-2-3-6-12-22)28-20-24-15-9-10-16-25(24)29-33(30,31)27-18-17-26(32-27)23-13-7-4-8-14-23/h4,7-10,13-18,21-22,28-29H,2-3,5-6,11-12,19-20H2,1H3/t21-/m0/s1. The van der Waals surface area contributed by atoms with Crippen molar-refractivity contribution in [2.24, 2.45) is 5.92 Å². The number of thiophene rings is 1. The van der Waals surface area contributed by atoms with Crippen molar-refractivity contribution in [2.75, 3.05) is 4.72 Å². The number of para-hydroxylation sites is 1. The summed E-state index contributed by atoms with van der Waals surface area (Å²) in [5.41, 5.74) is 2.63. The van der Waals surface area contributed by atoms with Gasteiger partial charge in [-0.05, 0) is 48.6 Å². The van der Waals surface area contributed by atoms with Gasteiger partial charge in [-0.3, -0.25) is 4.72 Å². The molecule has 0 spiro atoms. The molecule has 1 aliphatic carbocycles. The molecule has 0 unspecified atom stereocenters. The summed E-state index contributed by atoms with van der Waals surface area (Å²) in [7, 11) is -3.65. The molecule has 0 aliphatic heterocycles. The highest BCUT2D eigenvalue weighted by molar-refractivity contribution is 7.94. The van der Waals surface area contributed by atoms with Gasteiger partial charge in [-0.1, -0.05) is 87.1 Å². The second-order valence-electron chi connectivity index (χ2n) is 9.12. The average molecular weight is 483 g/mol. The predicted molar refractivity (Wildman–Crippen MR) is 139 cm³/mol. The Hall–Kier alpha value is -2.15. The first-order valence-electron chi connectivity index (χ1n) is 12.0. The van der Waals surface area contributed by atoms with Crippen LogP contribution in [0.1, 0.15) is 57.4 Å². The molecule has 0 saturated heterocycles. The van der Waals surface area contributed by atoms with E-state index in [2.05, 4.69) is 17.0 Å². The summed E-state index contributed by atoms with van der Waals surface area (Å²) in [6.07, 6.45) is 9.34. The fourth-order valence-electron chi connectivity index (χ4n) is 4.66. The van der Waals surface area contributed by atoms with Crippen molar-refractivity contribution in [3.8, 4) is 10.4 Å². The molecule has 0 radical (unpaired) electrons. The second kappa shape index (κ2) is 11.3. The number of rotatable bonds is 9. The van der Waals surface area contributed by atoms with Crippen LogP contribution in [0.4, 0.5) is 5.69 Å². The van der Waals surface area contributed by atoms with Crippen LogP contribution < -0.4 is 10.0 Å². The van der Waals surface area contributed by atoms with Crippen molar-refractivity contribution in [3.05, 3.63) is 72.3 Å². The summed E-state index contributed by atoms with van der Waals surface area (Å²) in [5, 5.41) is 3.63. The minimum Gasteiger partial charge on any atom is -0.310 e. The molecule has 33 heavy (non-hydrogen) atoms. The first-order valence-corrected chi connectivity index (χ1v) is 14.3. The van der Waals surface area contributed by atoms with Crippen molar-refractivity contribution >= 4 is 27.0 Å². The Morgan fingerprint density at radius 1 is 0.909 bits per heavy atom. The molecule has 6 heteroatoms. The van der Waals surface area contributed by atoms with E-state index in [-0.39, 0.29) is 0 Å². The molecule has 1 aromatic heterocycles. The van der Waals surface area contributed by atoms with Crippen LogP contribution in [-0.4, -0.2) is 14.5 Å². The molecule has 3 aromatic rings. The summed E-state index contributed by atoms with van der Waals surface area (Å²) < 4.78 is 29.4. The van der Waals surface area contributed by atoms with Crippen molar-refractivity contribution in [1.29, 1.82) is 0 Å². The van der Waals surface area contributed by atoms with Crippen LogP contribution in [0, 0.1) is 5.92 Å². The molecule has 2 aromatic carbocycles. The molecule has 1 saturated carbocycles. The topological polar surface area (TPSA) is 58.2 Å². The Labute approximate surface area is 202 Å². The zero-order valence-corrected chi connectivity index (χ0v) is 20.9. The third-order valence-corrected chi connectivity index (χ3v) is 9.46. The fourth-order valence-corrected chi connectivity index (χ4v) is 7.07. The molecule has 0 amide bonds. The minimum absolute atomic E-state index is 0.325. The molecule has 1 fully saturated rings. The molecule has 0 bridgehead atoms. The summed E-state index contributed by atoms with van der Waals surface area (Å²) in [5.74, 6) is 0.807. The first-order chi connectivity index (χ1) is 16.0. The highest BCUT2D eigenvalue weighted by atomic mass is 32.2. The number of hydrogen-bond donors (Lipinski definition) is 2. The van der Waals surface area contributed by atoms with Gasteiger partial charge in [0, 0.05) is 17.5 Å². The van der Waals surface area contributed by atoms with Crippen LogP contribution in [0.2, 0.25) is 0 Å². The zero-order valence-electron chi connectivity index (χ0n) is 19.3. The van der Waals surface area contributed by atoms with Gasteiger partial charge in [0.25, 0.3) is 10.0 Å². The van der Waals surface area contributed by atoms with Crippen molar-refractivity contribution in [2.45, 2.75) is 68.7 Å². The van der Waals surface area contributed by atoms with E-state index in [9.17, 15) is 8.42 Å². The second-order valence-corrected chi connectivity index (χ2v) is 12.1. The number of sulfonamides is 1. The van der Waals surface area contributed by atoms with Crippen LogP contribution in [0.15, 0.2) is 70.9 Å². The maximum Gasteiger partial charge on any atom is 0.271 e. The van der Waals surface area contributed by atoms with Gasteiger partial charge in [-0.2, -0.15) is 0 Å². The molecule has 1 heterocycles. The largest absolute Gasteiger partial charge is 0.310 e. The predicted octanol–water partition coefficient (Wildman–Crippen LogP) is 7.05. The summed E-state index contributed by atoms with van der Waals surface area (Å²) >= 11 is 1.29. The molecule has 4 nitrogen and oxygen atoms in total. The molecular formula is C27H34N2O2S2. The fraction of sp³-hybridized carbons (Fsp3) is 0.407. The van der Waals surface area contributed by atoms with Crippen LogP contribution in [-0.2, 0) is 16.6 Å². The van der Waals surface area contributed by atoms with Crippen LogP contribution in [0.5, 0.6) is 0 Å². The van der Waals surface area contributed by atoms with Crippen molar-refractivity contribution in [1.82, 2.24) is 5.32 Å². The lowest BCUT2D eigenvalue weighted by atomic mass is 9.93. The smallest absolute Gasteiger partial charge is 0.271 e. The molecule has 2 N–H and O–H groups in total. The number of nitrogens with one attached hydrogen (secondary N) is 2. The van der Waals surface area contributed by atoms with Gasteiger partial charge in [-0.25, -0.2) is 8.42 Å². The molecule has 4 rings (SSSR count). The third-order valence-electron chi connectivity index (χ3n) is 6.47. The van der Waals surface area contributed by atoms with E-state index >= 15 is 0 Å². The summed E-state index contributed by atoms with van der Waals surface area (Å²) in [6, 6.07) is 21.5. The normalized spacial score (nSPS) is 16.3. The van der Waals surface area contributed by atoms with Gasteiger partial charge in [0.05, 0.1) is 5.69 Å². The zero-order chi connectivity index (χ0) is 23.1. The number of hydrogen-bond acceptors (Lipinski definition) is 4. The number of benzene rings is 2. The maximum absolute atomic E-state index is 13.1.